The van der Waals surface area contributed by atoms with Crippen LogP contribution < -0.4 is 0 Å². The van der Waals surface area contributed by atoms with E-state index in [1.807, 2.05) is 0 Å². The standard InChI is InChI=1S/C9H14NO4/c1-10(2)6-7(9(12)14-4)5-8(11)13-3/h5-6H,1-4H3/q+1/b7-5-. The van der Waals surface area contributed by atoms with Gasteiger partial charge in [-0.1, -0.05) is 0 Å². The predicted octanol–water partition coefficient (Wildman–Crippen LogP) is -0.398. The van der Waals surface area contributed by atoms with Gasteiger partial charge < -0.3 is 9.47 Å². The molecule has 5 heteroatoms. The molecule has 0 N–H and O–H groups in total. The summed E-state index contributed by atoms with van der Waals surface area (Å²) in [5, 5.41) is 0. The first-order valence-corrected chi connectivity index (χ1v) is 3.90. The highest BCUT2D eigenvalue weighted by Gasteiger charge is 2.12. The van der Waals surface area contributed by atoms with Crippen molar-refractivity contribution in [1.29, 1.82) is 0 Å². The van der Waals surface area contributed by atoms with Crippen molar-refractivity contribution in [2.24, 2.45) is 0 Å². The molecule has 0 spiro atoms. The molecule has 0 atom stereocenters. The number of methoxy groups -OCH3 is 2. The number of ether oxygens (including phenoxy) is 2. The van der Waals surface area contributed by atoms with E-state index in [9.17, 15) is 9.59 Å². The molecule has 0 aliphatic carbocycles. The van der Waals surface area contributed by atoms with Gasteiger partial charge in [-0.15, -0.1) is 0 Å². The van der Waals surface area contributed by atoms with Crippen molar-refractivity contribution in [2.45, 2.75) is 0 Å². The van der Waals surface area contributed by atoms with E-state index in [0.717, 1.165) is 6.08 Å². The van der Waals surface area contributed by atoms with E-state index < -0.39 is 11.9 Å². The van der Waals surface area contributed by atoms with Gasteiger partial charge in [0, 0.05) is 6.08 Å². The van der Waals surface area contributed by atoms with Crippen LogP contribution in [0.15, 0.2) is 11.6 Å². The largest absolute Gasteiger partial charge is 0.466 e. The molecule has 0 aliphatic heterocycles. The second-order valence-electron chi connectivity index (χ2n) is 2.71. The predicted molar refractivity (Wildman–Crippen MR) is 50.3 cm³/mol. The molecule has 5 nitrogen and oxygen atoms in total. The molecule has 0 bridgehead atoms. The maximum Gasteiger partial charge on any atom is 0.344 e. The quantitative estimate of drug-likeness (QED) is 0.269. The van der Waals surface area contributed by atoms with Crippen LogP contribution in [0.25, 0.3) is 0 Å². The highest BCUT2D eigenvalue weighted by Crippen LogP contribution is 1.94. The summed E-state index contributed by atoms with van der Waals surface area (Å²) in [7, 11) is 5.95. The van der Waals surface area contributed by atoms with Crippen molar-refractivity contribution < 1.29 is 23.6 Å². The Hall–Kier alpha value is -1.65. The van der Waals surface area contributed by atoms with Gasteiger partial charge in [-0.2, -0.15) is 0 Å². The number of hydrogen-bond donors (Lipinski definition) is 0. The fourth-order valence-electron chi connectivity index (χ4n) is 0.731. The topological polar surface area (TPSA) is 55.6 Å². The number of nitrogens with zero attached hydrogens (tertiary/aromatic N) is 1. The van der Waals surface area contributed by atoms with E-state index in [0.29, 0.717) is 0 Å². The SMILES string of the molecule is COC(=O)/C=C(/C=[N+](C)C)C(=O)OC. The van der Waals surface area contributed by atoms with Crippen molar-refractivity contribution in [3.63, 3.8) is 0 Å². The fraction of sp³-hybridized carbons (Fsp3) is 0.444. The van der Waals surface area contributed by atoms with E-state index in [1.165, 1.54) is 20.4 Å². The van der Waals surface area contributed by atoms with Gasteiger partial charge in [-0.05, 0) is 0 Å². The first-order valence-electron chi connectivity index (χ1n) is 3.90. The second-order valence-corrected chi connectivity index (χ2v) is 2.71. The lowest BCUT2D eigenvalue weighted by atomic mass is 10.2. The Kier molecular flexibility index (Phi) is 5.21. The summed E-state index contributed by atoms with van der Waals surface area (Å²) >= 11 is 0. The minimum absolute atomic E-state index is 0.143. The lowest BCUT2D eigenvalue weighted by Crippen LogP contribution is -2.13. The summed E-state index contributed by atoms with van der Waals surface area (Å²) in [6, 6.07) is 0. The summed E-state index contributed by atoms with van der Waals surface area (Å²) in [5.41, 5.74) is 0.143. The van der Waals surface area contributed by atoms with E-state index in [1.54, 1.807) is 18.7 Å². The van der Waals surface area contributed by atoms with Crippen LogP contribution in [0.1, 0.15) is 0 Å². The van der Waals surface area contributed by atoms with Gasteiger partial charge in [0.1, 0.15) is 19.7 Å². The lowest BCUT2D eigenvalue weighted by molar-refractivity contribution is -0.458. The van der Waals surface area contributed by atoms with Gasteiger partial charge in [-0.25, -0.2) is 14.2 Å². The van der Waals surface area contributed by atoms with E-state index in [-0.39, 0.29) is 5.57 Å². The molecule has 78 valence electrons. The summed E-state index contributed by atoms with van der Waals surface area (Å²) in [5.74, 6) is -1.17. The average Bonchev–Trinajstić information content (AvgIpc) is 2.14. The molecule has 0 unspecified atom stereocenters. The number of hydrogen-bond acceptors (Lipinski definition) is 4. The van der Waals surface area contributed by atoms with Gasteiger partial charge in [0.25, 0.3) is 0 Å². The zero-order chi connectivity index (χ0) is 11.1. The van der Waals surface area contributed by atoms with Crippen molar-refractivity contribution in [3.05, 3.63) is 11.6 Å². The van der Waals surface area contributed by atoms with Crippen LogP contribution in [-0.2, 0) is 19.1 Å². The third-order valence-corrected chi connectivity index (χ3v) is 1.29. The van der Waals surface area contributed by atoms with Gasteiger partial charge in [0.15, 0.2) is 6.21 Å². The third-order valence-electron chi connectivity index (χ3n) is 1.29. The van der Waals surface area contributed by atoms with Crippen LogP contribution in [0.4, 0.5) is 0 Å². The molecule has 14 heavy (non-hydrogen) atoms. The molecule has 0 aromatic heterocycles. The molecule has 0 amide bonds. The van der Waals surface area contributed by atoms with Crippen LogP contribution in [0.5, 0.6) is 0 Å². The summed E-state index contributed by atoms with van der Waals surface area (Å²) in [4.78, 5) is 22.0. The summed E-state index contributed by atoms with van der Waals surface area (Å²) in [6.45, 7) is 0. The molecule has 0 rings (SSSR count). The number of carbonyl (C=O) groups excluding carboxylic acids is 2. The Labute approximate surface area is 82.6 Å². The molecular weight excluding hydrogens is 186 g/mol. The molecule has 0 radical (unpaired) electrons. The van der Waals surface area contributed by atoms with Crippen molar-refractivity contribution in [2.75, 3.05) is 28.3 Å². The van der Waals surface area contributed by atoms with Crippen LogP contribution in [-0.4, -0.2) is 51.0 Å². The smallest absolute Gasteiger partial charge is 0.344 e. The Morgan fingerprint density at radius 3 is 2.07 bits per heavy atom. The zero-order valence-corrected chi connectivity index (χ0v) is 8.73. The minimum atomic E-state index is -0.594. The molecular formula is C9H14NO4+. The first-order chi connectivity index (χ1) is 6.51. The molecule has 0 fully saturated rings. The fourth-order valence-corrected chi connectivity index (χ4v) is 0.731. The molecule has 0 aromatic carbocycles. The highest BCUT2D eigenvalue weighted by molar-refractivity contribution is 6.11. The Bertz CT molecular complexity index is 287. The van der Waals surface area contributed by atoms with Crippen molar-refractivity contribution in [1.82, 2.24) is 0 Å². The number of carbonyl (C=O) groups is 2. The molecule has 0 saturated heterocycles. The molecule has 0 aromatic rings. The number of esters is 2. The molecule has 0 heterocycles. The number of rotatable bonds is 3. The van der Waals surface area contributed by atoms with Crippen LogP contribution in [0, 0.1) is 0 Å². The van der Waals surface area contributed by atoms with Gasteiger partial charge >= 0.3 is 11.9 Å². The first kappa shape index (κ1) is 12.3. The maximum absolute atomic E-state index is 11.1. The second kappa shape index (κ2) is 5.90. The lowest BCUT2D eigenvalue weighted by Gasteiger charge is -1.97. The Morgan fingerprint density at radius 2 is 1.71 bits per heavy atom. The monoisotopic (exact) mass is 200 g/mol. The van der Waals surface area contributed by atoms with Crippen LogP contribution >= 0.6 is 0 Å². The Balaban J connectivity index is 4.91. The van der Waals surface area contributed by atoms with E-state index >= 15 is 0 Å². The highest BCUT2D eigenvalue weighted by atomic mass is 16.5. The summed E-state index contributed by atoms with van der Waals surface area (Å²) in [6.07, 6.45) is 2.55. The van der Waals surface area contributed by atoms with Crippen LogP contribution in [0.2, 0.25) is 0 Å². The van der Waals surface area contributed by atoms with Gasteiger partial charge in [0.05, 0.1) is 14.2 Å². The minimum Gasteiger partial charge on any atom is -0.466 e. The molecule has 0 saturated carbocycles. The maximum atomic E-state index is 11.1. The van der Waals surface area contributed by atoms with Gasteiger partial charge in [-0.3, -0.25) is 0 Å². The summed E-state index contributed by atoms with van der Waals surface area (Å²) < 4.78 is 10.5. The van der Waals surface area contributed by atoms with Crippen LogP contribution in [0.3, 0.4) is 0 Å². The van der Waals surface area contributed by atoms with Gasteiger partial charge in [0.2, 0.25) is 0 Å². The Morgan fingerprint density at radius 1 is 1.14 bits per heavy atom. The zero-order valence-electron chi connectivity index (χ0n) is 8.73. The molecule has 0 aliphatic rings. The van der Waals surface area contributed by atoms with Crippen molar-refractivity contribution >= 4 is 18.2 Å². The average molecular weight is 200 g/mol. The third kappa shape index (κ3) is 4.39. The van der Waals surface area contributed by atoms with E-state index in [2.05, 4.69) is 9.47 Å². The normalized spacial score (nSPS) is 10.4. The van der Waals surface area contributed by atoms with E-state index in [4.69, 9.17) is 0 Å². The van der Waals surface area contributed by atoms with Crippen molar-refractivity contribution in [3.8, 4) is 0 Å².